The summed E-state index contributed by atoms with van der Waals surface area (Å²) in [4.78, 5) is 9.87. The molecule has 0 aromatic rings. The normalized spacial score (nSPS) is 13.3. The van der Waals surface area contributed by atoms with Crippen molar-refractivity contribution in [1.82, 2.24) is 0 Å². The minimum atomic E-state index is -3.88. The highest BCUT2D eigenvalue weighted by atomic mass is 31.2. The van der Waals surface area contributed by atoms with Gasteiger partial charge in [0.05, 0.1) is 13.2 Å². The van der Waals surface area contributed by atoms with Crippen molar-refractivity contribution in [3.63, 3.8) is 0 Å². The van der Waals surface area contributed by atoms with E-state index in [9.17, 15) is 9.46 Å². The highest BCUT2D eigenvalue weighted by molar-refractivity contribution is 7.47. The van der Waals surface area contributed by atoms with Crippen LogP contribution in [0, 0.1) is 0 Å². The van der Waals surface area contributed by atoms with Gasteiger partial charge in [-0.2, -0.15) is 0 Å². The van der Waals surface area contributed by atoms with Gasteiger partial charge >= 0.3 is 7.82 Å². The number of allylic oxidation sites excluding steroid dienone is 2. The van der Waals surface area contributed by atoms with Gasteiger partial charge in [0, 0.05) is 0 Å². The van der Waals surface area contributed by atoms with Crippen molar-refractivity contribution in [1.29, 1.82) is 0 Å². The van der Waals surface area contributed by atoms with Crippen LogP contribution in [0.5, 0.6) is 0 Å². The molecule has 0 saturated heterocycles. The zero-order chi connectivity index (χ0) is 30.0. The van der Waals surface area contributed by atoms with Gasteiger partial charge in [-0.3, -0.25) is 9.05 Å². The second-order valence-electron chi connectivity index (χ2n) is 12.4. The van der Waals surface area contributed by atoms with Gasteiger partial charge < -0.3 is 4.89 Å². The van der Waals surface area contributed by atoms with E-state index in [1.165, 1.54) is 167 Å². The fourth-order valence-corrected chi connectivity index (χ4v) is 6.19. The van der Waals surface area contributed by atoms with E-state index in [0.717, 1.165) is 25.7 Å². The van der Waals surface area contributed by atoms with Crippen LogP contribution in [0.1, 0.15) is 206 Å². The van der Waals surface area contributed by atoms with E-state index in [-0.39, 0.29) is 0 Å². The molecule has 41 heavy (non-hydrogen) atoms. The van der Waals surface area contributed by atoms with Crippen molar-refractivity contribution >= 4 is 7.82 Å². The van der Waals surface area contributed by atoms with E-state index in [1.807, 2.05) is 0 Å². The molecule has 0 aliphatic rings. The van der Waals surface area contributed by atoms with Crippen LogP contribution in [0.25, 0.3) is 0 Å². The molecular weight excluding hydrogens is 527 g/mol. The zero-order valence-electron chi connectivity index (χ0n) is 27.9. The molecule has 0 spiro atoms. The van der Waals surface area contributed by atoms with Crippen LogP contribution in [0.2, 0.25) is 0 Å². The van der Waals surface area contributed by atoms with Gasteiger partial charge in [0.2, 0.25) is 0 Å². The average Bonchev–Trinajstić information content (AvgIpc) is 2.96. The lowest BCUT2D eigenvalue weighted by atomic mass is 10.0. The smallest absolute Gasteiger partial charge is 0.302 e. The molecule has 5 heteroatoms. The van der Waals surface area contributed by atoms with Gasteiger partial charge in [-0.1, -0.05) is 180 Å². The molecular formula is C36H73O4P. The third-order valence-corrected chi connectivity index (χ3v) is 9.18. The maximum absolute atomic E-state index is 12.0. The molecule has 0 rings (SSSR count). The summed E-state index contributed by atoms with van der Waals surface area (Å²) in [5.41, 5.74) is 0. The predicted molar refractivity (Wildman–Crippen MR) is 181 cm³/mol. The molecule has 1 N–H and O–H groups in total. The lowest BCUT2D eigenvalue weighted by Crippen LogP contribution is -1.99. The van der Waals surface area contributed by atoms with Gasteiger partial charge in [0.25, 0.3) is 0 Å². The second-order valence-corrected chi connectivity index (χ2v) is 13.8. The molecule has 1 unspecified atom stereocenters. The van der Waals surface area contributed by atoms with Gasteiger partial charge in [-0.05, 0) is 38.5 Å². The monoisotopic (exact) mass is 601 g/mol. The maximum atomic E-state index is 12.0. The predicted octanol–water partition coefficient (Wildman–Crippen LogP) is 13.4. The Hall–Kier alpha value is -0.150. The summed E-state index contributed by atoms with van der Waals surface area (Å²) in [6, 6.07) is 0. The van der Waals surface area contributed by atoms with Gasteiger partial charge in [0.15, 0.2) is 0 Å². The van der Waals surface area contributed by atoms with Crippen molar-refractivity contribution in [2.24, 2.45) is 0 Å². The highest BCUT2D eigenvalue weighted by Crippen LogP contribution is 2.43. The first-order chi connectivity index (χ1) is 20.1. The second kappa shape index (κ2) is 34.3. The van der Waals surface area contributed by atoms with Crippen molar-refractivity contribution in [2.75, 3.05) is 13.2 Å². The average molecular weight is 601 g/mol. The Kier molecular flexibility index (Phi) is 34.2. The minimum Gasteiger partial charge on any atom is -0.302 e. The first-order valence-corrected chi connectivity index (χ1v) is 19.9. The highest BCUT2D eigenvalue weighted by Gasteiger charge is 2.19. The summed E-state index contributed by atoms with van der Waals surface area (Å²) in [5.74, 6) is 0. The van der Waals surface area contributed by atoms with E-state index in [4.69, 9.17) is 9.05 Å². The zero-order valence-corrected chi connectivity index (χ0v) is 28.8. The fraction of sp³-hybridized carbons (Fsp3) is 0.944. The number of hydrogen-bond donors (Lipinski definition) is 1. The van der Waals surface area contributed by atoms with Gasteiger partial charge in [-0.15, -0.1) is 0 Å². The first kappa shape index (κ1) is 40.9. The Morgan fingerprint density at radius 1 is 0.415 bits per heavy atom. The number of hydrogen-bond acceptors (Lipinski definition) is 3. The topological polar surface area (TPSA) is 55.8 Å². The Balaban J connectivity index is 3.31. The molecule has 0 amide bonds. The number of unbranched alkanes of at least 4 members (excludes halogenated alkanes) is 27. The maximum Gasteiger partial charge on any atom is 0.472 e. The number of phosphoric acid groups is 1. The van der Waals surface area contributed by atoms with Crippen LogP contribution in [0.3, 0.4) is 0 Å². The van der Waals surface area contributed by atoms with Crippen LogP contribution >= 0.6 is 7.82 Å². The largest absolute Gasteiger partial charge is 0.472 e. The van der Waals surface area contributed by atoms with Crippen molar-refractivity contribution in [2.45, 2.75) is 206 Å². The quantitative estimate of drug-likeness (QED) is 0.0446. The van der Waals surface area contributed by atoms with E-state index < -0.39 is 7.82 Å². The van der Waals surface area contributed by atoms with Gasteiger partial charge in [0.1, 0.15) is 0 Å². The van der Waals surface area contributed by atoms with Crippen LogP contribution < -0.4 is 0 Å². The molecule has 0 aliphatic carbocycles. The molecule has 0 bridgehead atoms. The number of phosphoric ester groups is 1. The molecule has 0 radical (unpaired) electrons. The van der Waals surface area contributed by atoms with Crippen molar-refractivity contribution in [3.05, 3.63) is 12.2 Å². The summed E-state index contributed by atoms with van der Waals surface area (Å²) in [6.07, 6.45) is 43.3. The summed E-state index contributed by atoms with van der Waals surface area (Å²) < 4.78 is 22.4. The van der Waals surface area contributed by atoms with Crippen molar-refractivity contribution in [3.8, 4) is 0 Å². The SMILES string of the molecule is CCCCCCCC/C=C/CCCCCCCCOP(=O)(O)OCCCCCCCCCCCCCCCCCC. The lowest BCUT2D eigenvalue weighted by Gasteiger charge is -2.12. The molecule has 1 atom stereocenters. The van der Waals surface area contributed by atoms with Crippen LogP contribution in [0.4, 0.5) is 0 Å². The summed E-state index contributed by atoms with van der Waals surface area (Å²) in [7, 11) is -3.88. The van der Waals surface area contributed by atoms with Crippen molar-refractivity contribution < 1.29 is 18.5 Å². The molecule has 0 aliphatic heterocycles. The molecule has 0 saturated carbocycles. The van der Waals surface area contributed by atoms with E-state index in [1.54, 1.807) is 0 Å². The Labute approximate surface area is 257 Å². The van der Waals surface area contributed by atoms with Gasteiger partial charge in [-0.25, -0.2) is 4.57 Å². The first-order valence-electron chi connectivity index (χ1n) is 18.4. The molecule has 4 nitrogen and oxygen atoms in total. The summed E-state index contributed by atoms with van der Waals surface area (Å²) in [5, 5.41) is 0. The fourth-order valence-electron chi connectivity index (χ4n) is 5.40. The Bertz CT molecular complexity index is 566. The number of rotatable bonds is 35. The molecule has 0 heterocycles. The third-order valence-electron chi connectivity index (χ3n) is 8.16. The van der Waals surface area contributed by atoms with E-state index in [0.29, 0.717) is 13.2 Å². The lowest BCUT2D eigenvalue weighted by molar-refractivity contribution is 0.145. The summed E-state index contributed by atoms with van der Waals surface area (Å²) >= 11 is 0. The third kappa shape index (κ3) is 36.0. The minimum absolute atomic E-state index is 0.313. The van der Waals surface area contributed by atoms with E-state index in [2.05, 4.69) is 26.0 Å². The molecule has 0 aromatic carbocycles. The van der Waals surface area contributed by atoms with Crippen LogP contribution in [-0.2, 0) is 13.6 Å². The molecule has 0 fully saturated rings. The Morgan fingerprint density at radius 2 is 0.659 bits per heavy atom. The molecule has 246 valence electrons. The summed E-state index contributed by atoms with van der Waals surface area (Å²) in [6.45, 7) is 5.18. The van der Waals surface area contributed by atoms with Crippen LogP contribution in [-0.4, -0.2) is 18.1 Å². The Morgan fingerprint density at radius 3 is 0.951 bits per heavy atom. The molecule has 0 aromatic heterocycles. The van der Waals surface area contributed by atoms with E-state index >= 15 is 0 Å². The standard InChI is InChI=1S/C36H73O4P/c1-3-5-7-9-11-13-15-17-19-21-23-25-27-29-31-33-35-39-41(37,38)40-36-34-32-30-28-26-24-22-20-18-16-14-12-10-8-6-4-2/h17,19H,3-16,18,20-36H2,1-2H3,(H,37,38)/b19-17+. The van der Waals surface area contributed by atoms with Crippen LogP contribution in [0.15, 0.2) is 12.2 Å².